The lowest BCUT2D eigenvalue weighted by molar-refractivity contribution is -0.121. The largest absolute Gasteiger partial charge is 0.497 e. The van der Waals surface area contributed by atoms with Crippen LogP contribution in [0.15, 0.2) is 24.3 Å². The van der Waals surface area contributed by atoms with Crippen LogP contribution in [-0.2, 0) is 9.59 Å². The van der Waals surface area contributed by atoms with E-state index < -0.39 is 0 Å². The van der Waals surface area contributed by atoms with Gasteiger partial charge in [-0.3, -0.25) is 9.59 Å². The van der Waals surface area contributed by atoms with Gasteiger partial charge in [-0.25, -0.2) is 0 Å². The van der Waals surface area contributed by atoms with E-state index in [1.54, 1.807) is 31.4 Å². The Morgan fingerprint density at radius 3 is 2.30 bits per heavy atom. The van der Waals surface area contributed by atoms with Crippen molar-refractivity contribution in [3.8, 4) is 11.5 Å². The fourth-order valence-electron chi connectivity index (χ4n) is 1.47. The molecule has 110 valence electrons. The van der Waals surface area contributed by atoms with Crippen LogP contribution in [0, 0.1) is 0 Å². The number of hydrogen-bond acceptors (Lipinski definition) is 4. The van der Waals surface area contributed by atoms with Gasteiger partial charge in [-0.05, 0) is 24.3 Å². The number of methoxy groups -OCH3 is 1. The minimum absolute atomic E-state index is 0.114. The number of carbonyl (C=O) groups excluding carboxylic acids is 2. The molecular formula is C14H20N2O4. The van der Waals surface area contributed by atoms with Crippen LogP contribution in [0.2, 0.25) is 0 Å². The maximum atomic E-state index is 11.4. The number of nitrogens with one attached hydrogen (secondary N) is 2. The summed E-state index contributed by atoms with van der Waals surface area (Å²) in [6.45, 7) is 2.57. The fourth-order valence-corrected chi connectivity index (χ4v) is 1.47. The van der Waals surface area contributed by atoms with Gasteiger partial charge in [-0.15, -0.1) is 0 Å². The van der Waals surface area contributed by atoms with Crippen LogP contribution in [0.3, 0.4) is 0 Å². The summed E-state index contributed by atoms with van der Waals surface area (Å²) in [5.74, 6) is 1.24. The van der Waals surface area contributed by atoms with Crippen LogP contribution in [0.5, 0.6) is 11.5 Å². The minimum atomic E-state index is -0.138. The van der Waals surface area contributed by atoms with Gasteiger partial charge < -0.3 is 20.1 Å². The van der Waals surface area contributed by atoms with E-state index in [-0.39, 0.29) is 18.2 Å². The molecular weight excluding hydrogens is 260 g/mol. The molecule has 1 aromatic rings. The van der Waals surface area contributed by atoms with E-state index in [2.05, 4.69) is 10.6 Å². The first-order valence-electron chi connectivity index (χ1n) is 6.40. The van der Waals surface area contributed by atoms with E-state index in [0.29, 0.717) is 19.7 Å². The summed E-state index contributed by atoms with van der Waals surface area (Å²) in [6, 6.07) is 7.22. The van der Waals surface area contributed by atoms with Crippen molar-refractivity contribution in [2.45, 2.75) is 13.3 Å². The predicted octanol–water partition coefficient (Wildman–Crippen LogP) is 0.716. The molecule has 0 fully saturated rings. The van der Waals surface area contributed by atoms with E-state index in [1.165, 1.54) is 6.92 Å². The maximum Gasteiger partial charge on any atom is 0.221 e. The van der Waals surface area contributed by atoms with Crippen molar-refractivity contribution < 1.29 is 19.1 Å². The third-order valence-electron chi connectivity index (χ3n) is 2.48. The first kappa shape index (κ1) is 15.8. The summed E-state index contributed by atoms with van der Waals surface area (Å²) in [6.07, 6.45) is 0.266. The highest BCUT2D eigenvalue weighted by Crippen LogP contribution is 2.16. The number of carbonyl (C=O) groups is 2. The van der Waals surface area contributed by atoms with Gasteiger partial charge in [-0.2, -0.15) is 0 Å². The molecule has 0 spiro atoms. The molecule has 2 N–H and O–H groups in total. The summed E-state index contributed by atoms with van der Waals surface area (Å²) in [5.41, 5.74) is 0. The maximum absolute atomic E-state index is 11.4. The topological polar surface area (TPSA) is 76.7 Å². The van der Waals surface area contributed by atoms with Gasteiger partial charge in [0.15, 0.2) is 0 Å². The standard InChI is InChI=1S/C14H20N2O4/c1-11(17)15-8-7-14(18)16-9-10-20-13-5-3-12(19-2)4-6-13/h3-6H,7-10H2,1-2H3,(H,15,17)(H,16,18). The Morgan fingerprint density at radius 1 is 1.05 bits per heavy atom. The molecule has 1 rings (SSSR count). The molecule has 0 saturated heterocycles. The second kappa shape index (κ2) is 8.79. The molecule has 1 aromatic carbocycles. The number of hydrogen-bond donors (Lipinski definition) is 2. The van der Waals surface area contributed by atoms with Gasteiger partial charge in [0.1, 0.15) is 18.1 Å². The molecule has 0 unspecified atom stereocenters. The molecule has 0 aliphatic heterocycles. The van der Waals surface area contributed by atoms with Gasteiger partial charge in [0.05, 0.1) is 13.7 Å². The summed E-state index contributed by atoms with van der Waals surface area (Å²) >= 11 is 0. The second-order valence-electron chi connectivity index (χ2n) is 4.11. The Hall–Kier alpha value is -2.24. The number of rotatable bonds is 8. The average molecular weight is 280 g/mol. The van der Waals surface area contributed by atoms with E-state index in [4.69, 9.17) is 9.47 Å². The van der Waals surface area contributed by atoms with Crippen LogP contribution in [0.25, 0.3) is 0 Å². The highest BCUT2D eigenvalue weighted by atomic mass is 16.5. The van der Waals surface area contributed by atoms with Crippen molar-refractivity contribution >= 4 is 11.8 Å². The van der Waals surface area contributed by atoms with Crippen LogP contribution >= 0.6 is 0 Å². The van der Waals surface area contributed by atoms with Crippen molar-refractivity contribution in [2.24, 2.45) is 0 Å². The van der Waals surface area contributed by atoms with E-state index in [0.717, 1.165) is 11.5 Å². The predicted molar refractivity (Wildman–Crippen MR) is 74.8 cm³/mol. The van der Waals surface area contributed by atoms with Gasteiger partial charge in [0.2, 0.25) is 11.8 Å². The van der Waals surface area contributed by atoms with Crippen LogP contribution in [0.1, 0.15) is 13.3 Å². The number of benzene rings is 1. The lowest BCUT2D eigenvalue weighted by Crippen LogP contribution is -2.31. The lowest BCUT2D eigenvalue weighted by Gasteiger charge is -2.08. The molecule has 0 aliphatic carbocycles. The molecule has 0 radical (unpaired) electrons. The van der Waals surface area contributed by atoms with Crippen molar-refractivity contribution in [1.29, 1.82) is 0 Å². The Balaban J connectivity index is 2.11. The summed E-state index contributed by atoms with van der Waals surface area (Å²) in [5, 5.41) is 5.27. The quantitative estimate of drug-likeness (QED) is 0.688. The molecule has 0 saturated carbocycles. The van der Waals surface area contributed by atoms with Crippen LogP contribution in [0.4, 0.5) is 0 Å². The minimum Gasteiger partial charge on any atom is -0.497 e. The highest BCUT2D eigenvalue weighted by Gasteiger charge is 2.01. The van der Waals surface area contributed by atoms with Crippen molar-refractivity contribution in [2.75, 3.05) is 26.8 Å². The lowest BCUT2D eigenvalue weighted by atomic mass is 10.3. The van der Waals surface area contributed by atoms with Gasteiger partial charge in [0.25, 0.3) is 0 Å². The molecule has 20 heavy (non-hydrogen) atoms. The van der Waals surface area contributed by atoms with Crippen molar-refractivity contribution in [1.82, 2.24) is 10.6 Å². The van der Waals surface area contributed by atoms with Gasteiger partial charge in [0, 0.05) is 19.9 Å². The van der Waals surface area contributed by atoms with Crippen LogP contribution in [-0.4, -0.2) is 38.6 Å². The molecule has 0 aliphatic rings. The zero-order valence-corrected chi connectivity index (χ0v) is 11.8. The Bertz CT molecular complexity index is 431. The SMILES string of the molecule is COc1ccc(OCCNC(=O)CCNC(C)=O)cc1. The Labute approximate surface area is 118 Å². The zero-order chi connectivity index (χ0) is 14.8. The van der Waals surface area contributed by atoms with Crippen molar-refractivity contribution in [3.05, 3.63) is 24.3 Å². The highest BCUT2D eigenvalue weighted by molar-refractivity contribution is 5.77. The van der Waals surface area contributed by atoms with E-state index >= 15 is 0 Å². The number of ether oxygens (including phenoxy) is 2. The molecule has 0 atom stereocenters. The Kier molecular flexibility index (Phi) is 6.95. The first-order valence-corrected chi connectivity index (χ1v) is 6.40. The molecule has 6 nitrogen and oxygen atoms in total. The summed E-state index contributed by atoms with van der Waals surface area (Å²) < 4.78 is 10.5. The monoisotopic (exact) mass is 280 g/mol. The average Bonchev–Trinajstić information content (AvgIpc) is 2.44. The molecule has 2 amide bonds. The summed E-state index contributed by atoms with van der Waals surface area (Å²) in [7, 11) is 1.60. The zero-order valence-electron chi connectivity index (χ0n) is 11.8. The van der Waals surface area contributed by atoms with E-state index in [9.17, 15) is 9.59 Å². The van der Waals surface area contributed by atoms with Crippen molar-refractivity contribution in [3.63, 3.8) is 0 Å². The first-order chi connectivity index (χ1) is 9.61. The smallest absolute Gasteiger partial charge is 0.221 e. The van der Waals surface area contributed by atoms with E-state index in [1.807, 2.05) is 0 Å². The third kappa shape index (κ3) is 6.63. The molecule has 0 bridgehead atoms. The molecule has 0 heterocycles. The second-order valence-corrected chi connectivity index (χ2v) is 4.11. The van der Waals surface area contributed by atoms with Gasteiger partial charge in [-0.1, -0.05) is 0 Å². The van der Waals surface area contributed by atoms with Crippen LogP contribution < -0.4 is 20.1 Å². The summed E-state index contributed by atoms with van der Waals surface area (Å²) in [4.78, 5) is 22.0. The normalized spacial score (nSPS) is 9.70. The third-order valence-corrected chi connectivity index (χ3v) is 2.48. The van der Waals surface area contributed by atoms with Gasteiger partial charge >= 0.3 is 0 Å². The molecule has 0 aromatic heterocycles. The number of amides is 2. The Morgan fingerprint density at radius 2 is 1.70 bits per heavy atom. The molecule has 6 heteroatoms. The fraction of sp³-hybridized carbons (Fsp3) is 0.429.